The number of fused-ring (bicyclic) bond motifs is 1. The van der Waals surface area contributed by atoms with Crippen LogP contribution in [0.5, 0.6) is 0 Å². The van der Waals surface area contributed by atoms with Gasteiger partial charge in [-0.3, -0.25) is 0 Å². The van der Waals surface area contributed by atoms with Gasteiger partial charge in [0.2, 0.25) is 0 Å². The van der Waals surface area contributed by atoms with Crippen molar-refractivity contribution in [2.24, 2.45) is 5.73 Å². The predicted molar refractivity (Wildman–Crippen MR) is 67.2 cm³/mol. The lowest BCUT2D eigenvalue weighted by Gasteiger charge is -2.08. The second-order valence-corrected chi connectivity index (χ2v) is 4.24. The second kappa shape index (κ2) is 5.12. The third-order valence-corrected chi connectivity index (χ3v) is 3.03. The highest BCUT2D eigenvalue weighted by molar-refractivity contribution is 5.74. The number of hydrogen-bond acceptors (Lipinski definition) is 2. The van der Waals surface area contributed by atoms with Crippen molar-refractivity contribution in [3.63, 3.8) is 0 Å². The first kappa shape index (κ1) is 11.1. The molecule has 1 aromatic heterocycles. The van der Waals surface area contributed by atoms with Crippen molar-refractivity contribution in [2.45, 2.75) is 38.8 Å². The Morgan fingerprint density at radius 2 is 2.19 bits per heavy atom. The van der Waals surface area contributed by atoms with E-state index >= 15 is 0 Å². The largest absolute Gasteiger partial charge is 0.331 e. The molecule has 0 bridgehead atoms. The Morgan fingerprint density at radius 1 is 1.38 bits per heavy atom. The molecule has 86 valence electrons. The summed E-state index contributed by atoms with van der Waals surface area (Å²) >= 11 is 0. The van der Waals surface area contributed by atoms with E-state index < -0.39 is 0 Å². The van der Waals surface area contributed by atoms with Gasteiger partial charge in [0.15, 0.2) is 0 Å². The summed E-state index contributed by atoms with van der Waals surface area (Å²) in [6.45, 7) is 3.14. The quantitative estimate of drug-likeness (QED) is 0.836. The van der Waals surface area contributed by atoms with Gasteiger partial charge in [0.25, 0.3) is 0 Å². The van der Waals surface area contributed by atoms with E-state index in [0.29, 0.717) is 6.04 Å². The van der Waals surface area contributed by atoms with E-state index in [9.17, 15) is 0 Å². The maximum atomic E-state index is 5.90. The Labute approximate surface area is 96.3 Å². The first-order valence-electron chi connectivity index (χ1n) is 5.96. The van der Waals surface area contributed by atoms with Gasteiger partial charge in [-0.2, -0.15) is 0 Å². The lowest BCUT2D eigenvalue weighted by Crippen LogP contribution is -2.18. The number of imidazole rings is 1. The molecule has 0 saturated carbocycles. The van der Waals surface area contributed by atoms with E-state index in [4.69, 9.17) is 5.73 Å². The molecule has 0 saturated heterocycles. The molecule has 0 amide bonds. The van der Waals surface area contributed by atoms with E-state index in [1.807, 2.05) is 18.5 Å². The molecule has 1 unspecified atom stereocenters. The molecule has 0 radical (unpaired) electrons. The average molecular weight is 217 g/mol. The van der Waals surface area contributed by atoms with Crippen molar-refractivity contribution >= 4 is 11.0 Å². The average Bonchev–Trinajstić information content (AvgIpc) is 2.73. The lowest BCUT2D eigenvalue weighted by molar-refractivity contribution is 0.530. The van der Waals surface area contributed by atoms with Crippen molar-refractivity contribution in [2.75, 3.05) is 0 Å². The maximum Gasteiger partial charge on any atom is 0.0958 e. The van der Waals surface area contributed by atoms with E-state index in [1.54, 1.807) is 0 Å². The fourth-order valence-electron chi connectivity index (χ4n) is 1.92. The van der Waals surface area contributed by atoms with Crippen LogP contribution in [0, 0.1) is 0 Å². The van der Waals surface area contributed by atoms with E-state index in [0.717, 1.165) is 31.3 Å². The van der Waals surface area contributed by atoms with E-state index in [2.05, 4.69) is 28.6 Å². The smallest absolute Gasteiger partial charge is 0.0958 e. The minimum Gasteiger partial charge on any atom is -0.331 e. The van der Waals surface area contributed by atoms with Gasteiger partial charge in [0.05, 0.1) is 17.4 Å². The minimum atomic E-state index is 0.342. The zero-order valence-corrected chi connectivity index (χ0v) is 9.76. The van der Waals surface area contributed by atoms with Crippen molar-refractivity contribution in [1.82, 2.24) is 9.55 Å². The molecule has 2 N–H and O–H groups in total. The van der Waals surface area contributed by atoms with Crippen LogP contribution in [0.4, 0.5) is 0 Å². The van der Waals surface area contributed by atoms with Gasteiger partial charge in [-0.15, -0.1) is 0 Å². The van der Waals surface area contributed by atoms with Crippen LogP contribution in [0.25, 0.3) is 11.0 Å². The van der Waals surface area contributed by atoms with Crippen LogP contribution in [-0.4, -0.2) is 15.6 Å². The number of aromatic nitrogens is 2. The normalized spacial score (nSPS) is 13.1. The summed E-state index contributed by atoms with van der Waals surface area (Å²) in [5.41, 5.74) is 8.19. The molecule has 2 aromatic rings. The second-order valence-electron chi connectivity index (χ2n) is 4.24. The highest BCUT2D eigenvalue weighted by atomic mass is 15.0. The van der Waals surface area contributed by atoms with Crippen molar-refractivity contribution in [3.8, 4) is 0 Å². The Morgan fingerprint density at radius 3 is 3.00 bits per heavy atom. The zero-order chi connectivity index (χ0) is 11.4. The molecule has 2 rings (SSSR count). The number of benzene rings is 1. The Kier molecular flexibility index (Phi) is 3.57. The zero-order valence-electron chi connectivity index (χ0n) is 9.76. The molecule has 3 nitrogen and oxygen atoms in total. The van der Waals surface area contributed by atoms with Crippen molar-refractivity contribution < 1.29 is 0 Å². The molecular weight excluding hydrogens is 198 g/mol. The molecule has 0 aliphatic carbocycles. The van der Waals surface area contributed by atoms with Crippen molar-refractivity contribution in [3.05, 3.63) is 30.6 Å². The summed E-state index contributed by atoms with van der Waals surface area (Å²) in [7, 11) is 0. The highest BCUT2D eigenvalue weighted by Gasteiger charge is 2.02. The molecular formula is C13H19N3. The standard InChI is InChI=1S/C13H19N3/c1-2-11(14)6-5-9-16-10-15-12-7-3-4-8-13(12)16/h3-4,7-8,10-11H,2,5-6,9,14H2,1H3. The molecule has 0 spiro atoms. The number of nitrogens with two attached hydrogens (primary N) is 1. The summed E-state index contributed by atoms with van der Waals surface area (Å²) in [6, 6.07) is 8.58. The molecule has 0 aliphatic rings. The SMILES string of the molecule is CCC(N)CCCn1cnc2ccccc21. The molecule has 0 fully saturated rings. The van der Waals surface area contributed by atoms with Gasteiger partial charge < -0.3 is 10.3 Å². The Hall–Kier alpha value is -1.35. The third kappa shape index (κ3) is 2.42. The van der Waals surface area contributed by atoms with Crippen LogP contribution >= 0.6 is 0 Å². The first-order chi connectivity index (χ1) is 7.81. The summed E-state index contributed by atoms with van der Waals surface area (Å²) in [4.78, 5) is 4.37. The molecule has 1 atom stereocenters. The van der Waals surface area contributed by atoms with Crippen LogP contribution < -0.4 is 5.73 Å². The van der Waals surface area contributed by atoms with Crippen LogP contribution in [0.2, 0.25) is 0 Å². The number of para-hydroxylation sites is 2. The molecule has 16 heavy (non-hydrogen) atoms. The fourth-order valence-corrected chi connectivity index (χ4v) is 1.92. The van der Waals surface area contributed by atoms with Gasteiger partial charge >= 0.3 is 0 Å². The lowest BCUT2D eigenvalue weighted by atomic mass is 10.1. The van der Waals surface area contributed by atoms with E-state index in [1.165, 1.54) is 5.52 Å². The summed E-state index contributed by atoms with van der Waals surface area (Å²) in [5, 5.41) is 0. The first-order valence-corrected chi connectivity index (χ1v) is 5.96. The molecule has 0 aliphatic heterocycles. The van der Waals surface area contributed by atoms with Crippen LogP contribution in [0.15, 0.2) is 30.6 Å². The Bertz CT molecular complexity index is 447. The fraction of sp³-hybridized carbons (Fsp3) is 0.462. The van der Waals surface area contributed by atoms with Gasteiger partial charge in [0, 0.05) is 12.6 Å². The van der Waals surface area contributed by atoms with Crippen LogP contribution in [0.1, 0.15) is 26.2 Å². The highest BCUT2D eigenvalue weighted by Crippen LogP contribution is 2.13. The number of aryl methyl sites for hydroxylation is 1. The summed E-state index contributed by atoms with van der Waals surface area (Å²) in [6.07, 6.45) is 5.19. The monoisotopic (exact) mass is 217 g/mol. The number of hydrogen-bond donors (Lipinski definition) is 1. The number of nitrogens with zero attached hydrogens (tertiary/aromatic N) is 2. The molecule has 1 heterocycles. The summed E-state index contributed by atoms with van der Waals surface area (Å²) in [5.74, 6) is 0. The molecule has 3 heteroatoms. The van der Waals surface area contributed by atoms with E-state index in [-0.39, 0.29) is 0 Å². The summed E-state index contributed by atoms with van der Waals surface area (Å²) < 4.78 is 2.21. The van der Waals surface area contributed by atoms with Crippen LogP contribution in [-0.2, 0) is 6.54 Å². The van der Waals surface area contributed by atoms with Gasteiger partial charge in [-0.25, -0.2) is 4.98 Å². The van der Waals surface area contributed by atoms with Gasteiger partial charge in [-0.05, 0) is 31.4 Å². The van der Waals surface area contributed by atoms with Crippen molar-refractivity contribution in [1.29, 1.82) is 0 Å². The third-order valence-electron chi connectivity index (χ3n) is 3.03. The Balaban J connectivity index is 1.99. The minimum absolute atomic E-state index is 0.342. The molecule has 1 aromatic carbocycles. The van der Waals surface area contributed by atoms with Gasteiger partial charge in [0.1, 0.15) is 0 Å². The predicted octanol–water partition coefficient (Wildman–Crippen LogP) is 2.55. The number of rotatable bonds is 5. The maximum absolute atomic E-state index is 5.90. The van der Waals surface area contributed by atoms with Crippen LogP contribution in [0.3, 0.4) is 0 Å². The van der Waals surface area contributed by atoms with Gasteiger partial charge in [-0.1, -0.05) is 19.1 Å². The topological polar surface area (TPSA) is 43.8 Å².